The van der Waals surface area contributed by atoms with Crippen LogP contribution < -0.4 is 0 Å². The van der Waals surface area contributed by atoms with E-state index in [0.29, 0.717) is 0 Å². The molecule has 1 N–H and O–H groups in total. The van der Waals surface area contributed by atoms with Crippen LogP contribution in [0.2, 0.25) is 0 Å². The molecule has 0 aliphatic carbocycles. The molecule has 1 aromatic carbocycles. The third-order valence-electron chi connectivity index (χ3n) is 2.41. The van der Waals surface area contributed by atoms with Crippen molar-refractivity contribution in [1.29, 1.82) is 0 Å². The van der Waals surface area contributed by atoms with E-state index in [4.69, 9.17) is 4.74 Å². The highest BCUT2D eigenvalue weighted by Gasteiger charge is 2.24. The molecule has 0 aliphatic heterocycles. The molecular formula is C11H16O2. The highest BCUT2D eigenvalue weighted by atomic mass is 16.5. The van der Waals surface area contributed by atoms with Gasteiger partial charge in [0.1, 0.15) is 5.60 Å². The van der Waals surface area contributed by atoms with Crippen molar-refractivity contribution in [3.8, 4) is 0 Å². The van der Waals surface area contributed by atoms with Crippen LogP contribution in [0, 0.1) is 6.92 Å². The second-order valence-corrected chi connectivity index (χ2v) is 3.46. The Bertz CT molecular complexity index is 260. The van der Waals surface area contributed by atoms with Gasteiger partial charge in [-0.1, -0.05) is 29.8 Å². The van der Waals surface area contributed by atoms with Crippen molar-refractivity contribution < 1.29 is 9.84 Å². The van der Waals surface area contributed by atoms with E-state index < -0.39 is 5.60 Å². The van der Waals surface area contributed by atoms with E-state index in [2.05, 4.69) is 0 Å². The van der Waals surface area contributed by atoms with E-state index in [1.807, 2.05) is 38.1 Å². The molecule has 0 aliphatic rings. The van der Waals surface area contributed by atoms with Gasteiger partial charge >= 0.3 is 0 Å². The van der Waals surface area contributed by atoms with Crippen LogP contribution in [0.5, 0.6) is 0 Å². The average Bonchev–Trinajstić information content (AvgIpc) is 2.18. The lowest BCUT2D eigenvalue weighted by Crippen LogP contribution is -2.28. The molecule has 0 amide bonds. The van der Waals surface area contributed by atoms with Gasteiger partial charge in [0.25, 0.3) is 0 Å². The molecule has 0 radical (unpaired) electrons. The van der Waals surface area contributed by atoms with Crippen molar-refractivity contribution in [2.24, 2.45) is 0 Å². The number of aliphatic hydroxyl groups is 1. The van der Waals surface area contributed by atoms with Crippen LogP contribution >= 0.6 is 0 Å². The number of methoxy groups -OCH3 is 1. The molecular weight excluding hydrogens is 164 g/mol. The molecule has 2 heteroatoms. The maximum atomic E-state index is 9.18. The smallest absolute Gasteiger partial charge is 0.113 e. The zero-order valence-electron chi connectivity index (χ0n) is 8.37. The van der Waals surface area contributed by atoms with Crippen molar-refractivity contribution >= 4 is 0 Å². The summed E-state index contributed by atoms with van der Waals surface area (Å²) in [5, 5.41) is 9.18. The van der Waals surface area contributed by atoms with Crippen LogP contribution in [0.3, 0.4) is 0 Å². The van der Waals surface area contributed by atoms with Crippen LogP contribution in [0.4, 0.5) is 0 Å². The Morgan fingerprint density at radius 3 is 2.23 bits per heavy atom. The molecule has 0 saturated heterocycles. The largest absolute Gasteiger partial charge is 0.393 e. The van der Waals surface area contributed by atoms with Gasteiger partial charge in [0.05, 0.1) is 6.61 Å². The average molecular weight is 180 g/mol. The maximum absolute atomic E-state index is 9.18. The van der Waals surface area contributed by atoms with Crippen LogP contribution in [0.15, 0.2) is 24.3 Å². The van der Waals surface area contributed by atoms with E-state index in [0.717, 1.165) is 5.56 Å². The lowest BCUT2D eigenvalue weighted by molar-refractivity contribution is -0.0422. The Kier molecular flexibility index (Phi) is 3.07. The van der Waals surface area contributed by atoms with E-state index >= 15 is 0 Å². The molecule has 0 heterocycles. The number of aliphatic hydroxyl groups excluding tert-OH is 1. The number of aryl methyl sites for hydroxylation is 1. The molecule has 0 spiro atoms. The molecule has 1 unspecified atom stereocenters. The molecule has 0 bridgehead atoms. The predicted octanol–water partition coefficient (Wildman–Crippen LogP) is 1.85. The molecule has 1 atom stereocenters. The molecule has 0 fully saturated rings. The maximum Gasteiger partial charge on any atom is 0.113 e. The monoisotopic (exact) mass is 180 g/mol. The Morgan fingerprint density at radius 1 is 1.31 bits per heavy atom. The standard InChI is InChI=1S/C11H16O2/c1-9-4-6-10(7-5-9)11(2,8-12)13-3/h4-7,12H,8H2,1-3H3. The number of rotatable bonds is 3. The fourth-order valence-corrected chi connectivity index (χ4v) is 1.18. The van der Waals surface area contributed by atoms with Crippen molar-refractivity contribution in [1.82, 2.24) is 0 Å². The van der Waals surface area contributed by atoms with E-state index in [1.165, 1.54) is 5.56 Å². The Balaban J connectivity index is 2.99. The highest BCUT2D eigenvalue weighted by Crippen LogP contribution is 2.23. The zero-order chi connectivity index (χ0) is 9.90. The second-order valence-electron chi connectivity index (χ2n) is 3.46. The summed E-state index contributed by atoms with van der Waals surface area (Å²) in [4.78, 5) is 0. The van der Waals surface area contributed by atoms with Crippen LogP contribution in [-0.4, -0.2) is 18.8 Å². The summed E-state index contributed by atoms with van der Waals surface area (Å²) in [5.74, 6) is 0. The van der Waals surface area contributed by atoms with Gasteiger partial charge < -0.3 is 9.84 Å². The van der Waals surface area contributed by atoms with Crippen molar-refractivity contribution in [3.05, 3.63) is 35.4 Å². The molecule has 0 saturated carbocycles. The minimum Gasteiger partial charge on any atom is -0.393 e. The van der Waals surface area contributed by atoms with Crippen LogP contribution in [0.25, 0.3) is 0 Å². The molecule has 2 nitrogen and oxygen atoms in total. The van der Waals surface area contributed by atoms with Gasteiger partial charge in [-0.3, -0.25) is 0 Å². The second kappa shape index (κ2) is 3.90. The van der Waals surface area contributed by atoms with Crippen molar-refractivity contribution in [2.45, 2.75) is 19.4 Å². The first-order valence-corrected chi connectivity index (χ1v) is 4.35. The van der Waals surface area contributed by atoms with Gasteiger partial charge in [-0.2, -0.15) is 0 Å². The minimum atomic E-state index is -0.576. The minimum absolute atomic E-state index is 0.00738. The van der Waals surface area contributed by atoms with Crippen molar-refractivity contribution in [3.63, 3.8) is 0 Å². The topological polar surface area (TPSA) is 29.5 Å². The summed E-state index contributed by atoms with van der Waals surface area (Å²) in [6.45, 7) is 3.90. The number of hydrogen-bond acceptors (Lipinski definition) is 2. The number of ether oxygens (including phenoxy) is 1. The fourth-order valence-electron chi connectivity index (χ4n) is 1.18. The normalized spacial score (nSPS) is 15.4. The SMILES string of the molecule is COC(C)(CO)c1ccc(C)cc1. The molecule has 13 heavy (non-hydrogen) atoms. The summed E-state index contributed by atoms with van der Waals surface area (Å²) < 4.78 is 5.26. The highest BCUT2D eigenvalue weighted by molar-refractivity contribution is 5.26. The van der Waals surface area contributed by atoms with Crippen molar-refractivity contribution in [2.75, 3.05) is 13.7 Å². The Hall–Kier alpha value is -0.860. The summed E-state index contributed by atoms with van der Waals surface area (Å²) in [5.41, 5.74) is 1.64. The summed E-state index contributed by atoms with van der Waals surface area (Å²) in [6, 6.07) is 7.99. The van der Waals surface area contributed by atoms with Gasteiger partial charge in [0.2, 0.25) is 0 Å². The lowest BCUT2D eigenvalue weighted by atomic mass is 9.96. The quantitative estimate of drug-likeness (QED) is 0.769. The fraction of sp³-hybridized carbons (Fsp3) is 0.455. The van der Waals surface area contributed by atoms with Gasteiger partial charge in [0, 0.05) is 7.11 Å². The third kappa shape index (κ3) is 2.08. The first-order valence-electron chi connectivity index (χ1n) is 4.35. The Morgan fingerprint density at radius 2 is 1.85 bits per heavy atom. The molecule has 1 aromatic rings. The van der Waals surface area contributed by atoms with Gasteiger partial charge in [-0.25, -0.2) is 0 Å². The third-order valence-corrected chi connectivity index (χ3v) is 2.41. The van der Waals surface area contributed by atoms with Gasteiger partial charge in [-0.05, 0) is 19.4 Å². The van der Waals surface area contributed by atoms with Gasteiger partial charge in [0.15, 0.2) is 0 Å². The number of benzene rings is 1. The molecule has 1 rings (SSSR count). The van der Waals surface area contributed by atoms with E-state index in [9.17, 15) is 5.11 Å². The Labute approximate surface area is 79.2 Å². The lowest BCUT2D eigenvalue weighted by Gasteiger charge is -2.26. The van der Waals surface area contributed by atoms with Gasteiger partial charge in [-0.15, -0.1) is 0 Å². The number of hydrogen-bond donors (Lipinski definition) is 1. The summed E-state index contributed by atoms with van der Waals surface area (Å²) in [7, 11) is 1.61. The predicted molar refractivity (Wildman–Crippen MR) is 52.6 cm³/mol. The zero-order valence-corrected chi connectivity index (χ0v) is 8.37. The molecule has 72 valence electrons. The van der Waals surface area contributed by atoms with Crippen LogP contribution in [0.1, 0.15) is 18.1 Å². The first kappa shape index (κ1) is 10.2. The summed E-state index contributed by atoms with van der Waals surface area (Å²) >= 11 is 0. The van der Waals surface area contributed by atoms with E-state index in [1.54, 1.807) is 7.11 Å². The first-order chi connectivity index (χ1) is 6.12. The van der Waals surface area contributed by atoms with E-state index in [-0.39, 0.29) is 6.61 Å². The van der Waals surface area contributed by atoms with Crippen LogP contribution in [-0.2, 0) is 10.3 Å². The molecule has 0 aromatic heterocycles. The summed E-state index contributed by atoms with van der Waals surface area (Å²) in [6.07, 6.45) is 0.